The van der Waals surface area contributed by atoms with E-state index in [-0.39, 0.29) is 6.61 Å². The van der Waals surface area contributed by atoms with Crippen LogP contribution in [0.2, 0.25) is 5.02 Å². The van der Waals surface area contributed by atoms with Crippen molar-refractivity contribution in [1.29, 1.82) is 0 Å². The van der Waals surface area contributed by atoms with E-state index in [0.29, 0.717) is 23.4 Å². The third kappa shape index (κ3) is 4.88. The van der Waals surface area contributed by atoms with Gasteiger partial charge in [-0.05, 0) is 24.6 Å². The van der Waals surface area contributed by atoms with Crippen LogP contribution in [0, 0.1) is 0 Å². The fourth-order valence-electron chi connectivity index (χ4n) is 2.50. The minimum absolute atomic E-state index is 0.340. The molecule has 0 radical (unpaired) electrons. The Hall–Kier alpha value is -1.30. The summed E-state index contributed by atoms with van der Waals surface area (Å²) in [7, 11) is 0. The fourth-order valence-corrected chi connectivity index (χ4v) is 2.70. The van der Waals surface area contributed by atoms with Crippen molar-refractivity contribution >= 4 is 17.6 Å². The van der Waals surface area contributed by atoms with Gasteiger partial charge in [-0.1, -0.05) is 18.5 Å². The summed E-state index contributed by atoms with van der Waals surface area (Å²) in [6.45, 7) is 5.44. The maximum absolute atomic E-state index is 10.7. The summed E-state index contributed by atoms with van der Waals surface area (Å²) in [5.41, 5.74) is 0.931. The number of carboxylic acids is 1. The Morgan fingerprint density at radius 3 is 3.10 bits per heavy atom. The molecule has 1 saturated heterocycles. The summed E-state index contributed by atoms with van der Waals surface area (Å²) in [6, 6.07) is 5.80. The highest BCUT2D eigenvalue weighted by Gasteiger charge is 2.19. The number of ether oxygens (including phenoxy) is 1. The van der Waals surface area contributed by atoms with Crippen molar-refractivity contribution in [1.82, 2.24) is 10.2 Å². The number of carboxylic acid groups (broad SMARTS) is 1. The molecule has 0 spiro atoms. The molecular formula is C15H21ClN2O3. The number of carbonyl (C=O) groups is 1. The molecule has 21 heavy (non-hydrogen) atoms. The average Bonchev–Trinajstić information content (AvgIpc) is 2.46. The van der Waals surface area contributed by atoms with Gasteiger partial charge in [-0.15, -0.1) is 0 Å². The SMILES string of the molecule is CC[C@H]1CN(Cc2cc(Cl)ccc2OCC(=O)O)CCN1. The topological polar surface area (TPSA) is 61.8 Å². The molecule has 0 bridgehead atoms. The minimum atomic E-state index is -0.982. The number of halogens is 1. The standard InChI is InChI=1S/C15H21ClN2O3/c1-2-13-9-18(6-5-17-13)8-11-7-12(16)3-4-14(11)21-10-15(19)20/h3-4,7,13,17H,2,5-6,8-10H2,1H3,(H,19,20)/t13-/m0/s1. The first kappa shape index (κ1) is 16.1. The molecule has 1 aromatic carbocycles. The van der Waals surface area contributed by atoms with Crippen LogP contribution in [0.5, 0.6) is 5.75 Å². The third-order valence-electron chi connectivity index (χ3n) is 3.60. The van der Waals surface area contributed by atoms with Gasteiger partial charge in [-0.2, -0.15) is 0 Å². The molecule has 0 aliphatic carbocycles. The Labute approximate surface area is 129 Å². The molecule has 2 N–H and O–H groups in total. The number of hydrogen-bond donors (Lipinski definition) is 2. The molecular weight excluding hydrogens is 292 g/mol. The van der Waals surface area contributed by atoms with E-state index in [4.69, 9.17) is 21.4 Å². The first-order chi connectivity index (χ1) is 10.1. The number of aliphatic carboxylic acids is 1. The summed E-state index contributed by atoms with van der Waals surface area (Å²) >= 11 is 6.05. The molecule has 0 unspecified atom stereocenters. The summed E-state index contributed by atoms with van der Waals surface area (Å²) in [4.78, 5) is 13.0. The third-order valence-corrected chi connectivity index (χ3v) is 3.84. The highest BCUT2D eigenvalue weighted by atomic mass is 35.5. The smallest absolute Gasteiger partial charge is 0.341 e. The Morgan fingerprint density at radius 2 is 2.38 bits per heavy atom. The largest absolute Gasteiger partial charge is 0.482 e. The number of nitrogens with one attached hydrogen (secondary N) is 1. The van der Waals surface area contributed by atoms with E-state index >= 15 is 0 Å². The fraction of sp³-hybridized carbons (Fsp3) is 0.533. The Morgan fingerprint density at radius 1 is 1.57 bits per heavy atom. The Kier molecular flexibility index (Phi) is 5.85. The van der Waals surface area contributed by atoms with E-state index in [1.807, 2.05) is 6.07 Å². The normalized spacial score (nSPS) is 19.4. The predicted molar refractivity (Wildman–Crippen MR) is 81.9 cm³/mol. The van der Waals surface area contributed by atoms with Crippen LogP contribution in [0.4, 0.5) is 0 Å². The molecule has 116 valence electrons. The lowest BCUT2D eigenvalue weighted by Gasteiger charge is -2.33. The highest BCUT2D eigenvalue weighted by Crippen LogP contribution is 2.25. The lowest BCUT2D eigenvalue weighted by atomic mass is 10.1. The summed E-state index contributed by atoms with van der Waals surface area (Å²) in [5, 5.41) is 12.8. The second-order valence-corrected chi connectivity index (χ2v) is 5.67. The number of nitrogens with zero attached hydrogens (tertiary/aromatic N) is 1. The summed E-state index contributed by atoms with van der Waals surface area (Å²) < 4.78 is 5.35. The van der Waals surface area contributed by atoms with Gasteiger partial charge >= 0.3 is 5.97 Å². The molecule has 1 atom stereocenters. The molecule has 1 fully saturated rings. The van der Waals surface area contributed by atoms with E-state index in [2.05, 4.69) is 17.1 Å². The average molecular weight is 313 g/mol. The van der Waals surface area contributed by atoms with Gasteiger partial charge in [0.1, 0.15) is 5.75 Å². The van der Waals surface area contributed by atoms with E-state index in [1.165, 1.54) is 0 Å². The maximum Gasteiger partial charge on any atom is 0.341 e. The van der Waals surface area contributed by atoms with Crippen LogP contribution < -0.4 is 10.1 Å². The van der Waals surface area contributed by atoms with Crippen molar-refractivity contribution in [2.45, 2.75) is 25.9 Å². The first-order valence-electron chi connectivity index (χ1n) is 7.17. The van der Waals surface area contributed by atoms with E-state index in [9.17, 15) is 4.79 Å². The Bertz CT molecular complexity index is 496. The number of hydrogen-bond acceptors (Lipinski definition) is 4. The number of benzene rings is 1. The van der Waals surface area contributed by atoms with Crippen molar-refractivity contribution in [3.05, 3.63) is 28.8 Å². The summed E-state index contributed by atoms with van der Waals surface area (Å²) in [6.07, 6.45) is 1.09. The van der Waals surface area contributed by atoms with Gasteiger partial charge in [0.25, 0.3) is 0 Å². The Balaban J connectivity index is 2.06. The van der Waals surface area contributed by atoms with Gasteiger partial charge in [-0.3, -0.25) is 4.90 Å². The van der Waals surface area contributed by atoms with Gasteiger partial charge in [0, 0.05) is 42.8 Å². The monoisotopic (exact) mass is 312 g/mol. The van der Waals surface area contributed by atoms with Gasteiger partial charge in [0.05, 0.1) is 0 Å². The predicted octanol–water partition coefficient (Wildman–Crippen LogP) is 1.99. The van der Waals surface area contributed by atoms with E-state index < -0.39 is 5.97 Å². The number of piperazine rings is 1. The maximum atomic E-state index is 10.7. The van der Waals surface area contributed by atoms with Crippen molar-refractivity contribution in [3.63, 3.8) is 0 Å². The van der Waals surface area contributed by atoms with Crippen molar-refractivity contribution < 1.29 is 14.6 Å². The number of rotatable bonds is 6. The van der Waals surface area contributed by atoms with Crippen LogP contribution in [-0.2, 0) is 11.3 Å². The van der Waals surface area contributed by atoms with Crippen molar-refractivity contribution in [2.75, 3.05) is 26.2 Å². The molecule has 1 heterocycles. The van der Waals surface area contributed by atoms with Crippen molar-refractivity contribution in [2.24, 2.45) is 0 Å². The van der Waals surface area contributed by atoms with Gasteiger partial charge < -0.3 is 15.2 Å². The second-order valence-electron chi connectivity index (χ2n) is 5.23. The zero-order valence-corrected chi connectivity index (χ0v) is 12.9. The van der Waals surface area contributed by atoms with Crippen LogP contribution in [0.25, 0.3) is 0 Å². The van der Waals surface area contributed by atoms with Crippen LogP contribution in [0.3, 0.4) is 0 Å². The minimum Gasteiger partial charge on any atom is -0.482 e. The van der Waals surface area contributed by atoms with Crippen LogP contribution in [0.15, 0.2) is 18.2 Å². The molecule has 6 heteroatoms. The lowest BCUT2D eigenvalue weighted by molar-refractivity contribution is -0.139. The first-order valence-corrected chi connectivity index (χ1v) is 7.55. The van der Waals surface area contributed by atoms with Crippen molar-refractivity contribution in [3.8, 4) is 5.75 Å². The van der Waals surface area contributed by atoms with Gasteiger partial charge in [-0.25, -0.2) is 4.79 Å². The van der Waals surface area contributed by atoms with Gasteiger partial charge in [0.15, 0.2) is 6.61 Å². The summed E-state index contributed by atoms with van der Waals surface area (Å²) in [5.74, 6) is -0.391. The molecule has 2 rings (SSSR count). The molecule has 0 amide bonds. The van der Waals surface area contributed by atoms with Crippen LogP contribution in [0.1, 0.15) is 18.9 Å². The van der Waals surface area contributed by atoms with Crippen LogP contribution in [-0.4, -0.2) is 48.3 Å². The molecule has 0 aromatic heterocycles. The van der Waals surface area contributed by atoms with Crippen LogP contribution >= 0.6 is 11.6 Å². The molecule has 5 nitrogen and oxygen atoms in total. The van der Waals surface area contributed by atoms with E-state index in [1.54, 1.807) is 12.1 Å². The quantitative estimate of drug-likeness (QED) is 0.841. The zero-order chi connectivity index (χ0) is 15.2. The molecule has 1 aliphatic rings. The van der Waals surface area contributed by atoms with Gasteiger partial charge in [0.2, 0.25) is 0 Å². The second kappa shape index (κ2) is 7.64. The highest BCUT2D eigenvalue weighted by molar-refractivity contribution is 6.30. The van der Waals surface area contributed by atoms with E-state index in [0.717, 1.165) is 31.6 Å². The molecule has 1 aliphatic heterocycles. The molecule has 0 saturated carbocycles. The zero-order valence-electron chi connectivity index (χ0n) is 12.1. The molecule has 1 aromatic rings. The lowest BCUT2D eigenvalue weighted by Crippen LogP contribution is -2.49.